The quantitative estimate of drug-likeness (QED) is 0.389. The van der Waals surface area contributed by atoms with Crippen LogP contribution in [0.3, 0.4) is 0 Å². The van der Waals surface area contributed by atoms with Gasteiger partial charge in [-0.3, -0.25) is 0 Å². The maximum Gasteiger partial charge on any atom is 0.0296 e. The second kappa shape index (κ2) is 0.646. The molecule has 1 aliphatic heterocycles. The molecule has 4 heavy (non-hydrogen) atoms. The van der Waals surface area contributed by atoms with Crippen LogP contribution in [0.15, 0.2) is 0 Å². The Balaban J connectivity index is 2.17. The average molecular weight is 73.1 g/mol. The summed E-state index contributed by atoms with van der Waals surface area (Å²) in [7, 11) is 0. The van der Waals surface area contributed by atoms with Crippen molar-refractivity contribution >= 4 is 11.8 Å². The molecule has 1 rings (SSSR count). The fourth-order valence-electron chi connectivity index (χ4n) is 0.0786. The summed E-state index contributed by atoms with van der Waals surface area (Å²) in [5.41, 5.74) is 0. The Hall–Kier alpha value is 0.350. The van der Waals surface area contributed by atoms with Gasteiger partial charge in [0.25, 0.3) is 0 Å². The van der Waals surface area contributed by atoms with E-state index in [2.05, 4.69) is 12.7 Å². The fourth-order valence-corrected chi connectivity index (χ4v) is 0.236. The van der Waals surface area contributed by atoms with Crippen molar-refractivity contribution < 1.29 is 0 Å². The second-order valence-electron chi connectivity index (χ2n) is 0.977. The zero-order chi connectivity index (χ0) is 2.99. The monoisotopic (exact) mass is 73.0 g/mol. The van der Waals surface area contributed by atoms with Gasteiger partial charge < -0.3 is 0 Å². The standard InChI is InChI=1S/C3H5S/c1-3-2-4-3/h2-3H,1H3. The van der Waals surface area contributed by atoms with Gasteiger partial charge in [-0.25, -0.2) is 0 Å². The minimum atomic E-state index is 0.875. The van der Waals surface area contributed by atoms with Gasteiger partial charge in [0, 0.05) is 11.0 Å². The summed E-state index contributed by atoms with van der Waals surface area (Å²) in [6, 6.07) is 0. The summed E-state index contributed by atoms with van der Waals surface area (Å²) in [5, 5.41) is 0.875. The first kappa shape index (κ1) is 2.58. The van der Waals surface area contributed by atoms with Crippen molar-refractivity contribution in [3.05, 3.63) is 5.75 Å². The summed E-state index contributed by atoms with van der Waals surface area (Å²) in [4.78, 5) is 0. The molecule has 0 bridgehead atoms. The molecule has 1 radical (unpaired) electrons. The Morgan fingerprint density at radius 3 is 2.25 bits per heavy atom. The van der Waals surface area contributed by atoms with Gasteiger partial charge in [-0.15, -0.1) is 0 Å². The molecular weight excluding hydrogens is 68.1 g/mol. The lowest BCUT2D eigenvalue weighted by atomic mass is 10.6. The van der Waals surface area contributed by atoms with Crippen LogP contribution in [0.25, 0.3) is 0 Å². The molecule has 0 aromatic carbocycles. The second-order valence-corrected chi connectivity index (χ2v) is 2.27. The number of rotatable bonds is 0. The van der Waals surface area contributed by atoms with Crippen molar-refractivity contribution in [2.24, 2.45) is 0 Å². The summed E-state index contributed by atoms with van der Waals surface area (Å²) >= 11 is 1.90. The molecule has 0 nitrogen and oxygen atoms in total. The molecule has 1 atom stereocenters. The number of thioether (sulfide) groups is 1. The van der Waals surface area contributed by atoms with Crippen molar-refractivity contribution in [1.29, 1.82) is 0 Å². The highest BCUT2D eigenvalue weighted by atomic mass is 32.2. The normalized spacial score (nSPS) is 39.8. The molecule has 1 fully saturated rings. The summed E-state index contributed by atoms with van der Waals surface area (Å²) in [6.45, 7) is 2.19. The predicted octanol–water partition coefficient (Wildman–Crippen LogP) is 1.28. The van der Waals surface area contributed by atoms with Gasteiger partial charge in [0.05, 0.1) is 0 Å². The van der Waals surface area contributed by atoms with Crippen LogP contribution < -0.4 is 0 Å². The molecule has 0 N–H and O–H groups in total. The van der Waals surface area contributed by atoms with Gasteiger partial charge in [0.15, 0.2) is 0 Å². The summed E-state index contributed by atoms with van der Waals surface area (Å²) in [6.07, 6.45) is 0. The van der Waals surface area contributed by atoms with Gasteiger partial charge in [0.2, 0.25) is 0 Å². The van der Waals surface area contributed by atoms with Crippen molar-refractivity contribution in [2.75, 3.05) is 0 Å². The van der Waals surface area contributed by atoms with E-state index in [1.54, 1.807) is 0 Å². The zero-order valence-corrected chi connectivity index (χ0v) is 3.38. The first-order valence-electron chi connectivity index (χ1n) is 1.38. The van der Waals surface area contributed by atoms with Crippen LogP contribution in [0.1, 0.15) is 6.92 Å². The van der Waals surface area contributed by atoms with Gasteiger partial charge in [0.1, 0.15) is 0 Å². The molecule has 1 heterocycles. The van der Waals surface area contributed by atoms with Crippen LogP contribution >= 0.6 is 11.8 Å². The van der Waals surface area contributed by atoms with Gasteiger partial charge in [-0.05, 0) is 0 Å². The van der Waals surface area contributed by atoms with Crippen LogP contribution in [0.5, 0.6) is 0 Å². The molecule has 0 spiro atoms. The molecule has 23 valence electrons. The third kappa shape index (κ3) is 0.382. The van der Waals surface area contributed by atoms with Gasteiger partial charge in [-0.1, -0.05) is 6.92 Å². The van der Waals surface area contributed by atoms with E-state index in [9.17, 15) is 0 Å². The first-order chi connectivity index (χ1) is 1.89. The lowest BCUT2D eigenvalue weighted by Crippen LogP contribution is -1.52. The van der Waals surface area contributed by atoms with Crippen molar-refractivity contribution in [2.45, 2.75) is 12.2 Å². The molecule has 0 aromatic rings. The van der Waals surface area contributed by atoms with E-state index in [1.165, 1.54) is 0 Å². The first-order valence-corrected chi connectivity index (χ1v) is 2.32. The molecule has 0 aliphatic carbocycles. The van der Waals surface area contributed by atoms with E-state index in [-0.39, 0.29) is 0 Å². The van der Waals surface area contributed by atoms with E-state index in [4.69, 9.17) is 0 Å². The van der Waals surface area contributed by atoms with Crippen LogP contribution in [0.4, 0.5) is 0 Å². The molecule has 1 heteroatoms. The third-order valence-corrected chi connectivity index (χ3v) is 1.22. The van der Waals surface area contributed by atoms with Crippen molar-refractivity contribution in [1.82, 2.24) is 0 Å². The number of hydrogen-bond acceptors (Lipinski definition) is 1. The Morgan fingerprint density at radius 1 is 2.00 bits per heavy atom. The van der Waals surface area contributed by atoms with Gasteiger partial charge in [-0.2, -0.15) is 11.8 Å². The molecule has 0 saturated carbocycles. The maximum absolute atomic E-state index is 2.21. The molecular formula is C3H5S. The smallest absolute Gasteiger partial charge is 0.0296 e. The van der Waals surface area contributed by atoms with Crippen molar-refractivity contribution in [3.63, 3.8) is 0 Å². The third-order valence-electron chi connectivity index (χ3n) is 0.408. The molecule has 0 aromatic heterocycles. The lowest BCUT2D eigenvalue weighted by Gasteiger charge is -1.50. The molecule has 0 amide bonds. The summed E-state index contributed by atoms with van der Waals surface area (Å²) in [5.74, 6) is 2.21. The van der Waals surface area contributed by atoms with Crippen LogP contribution in [-0.4, -0.2) is 5.25 Å². The van der Waals surface area contributed by atoms with Gasteiger partial charge >= 0.3 is 0 Å². The van der Waals surface area contributed by atoms with E-state index in [1.807, 2.05) is 11.8 Å². The highest BCUT2D eigenvalue weighted by Crippen LogP contribution is 2.35. The van der Waals surface area contributed by atoms with E-state index < -0.39 is 0 Å². The Labute approximate surface area is 30.6 Å². The highest BCUT2D eigenvalue weighted by molar-refractivity contribution is 8.09. The largest absolute Gasteiger partial charge is 0.152 e. The topological polar surface area (TPSA) is 0 Å². The Morgan fingerprint density at radius 2 is 2.25 bits per heavy atom. The fraction of sp³-hybridized carbons (Fsp3) is 0.667. The average Bonchev–Trinajstić information content (AvgIpc) is 1.75. The Kier molecular flexibility index (Phi) is 0.417. The minimum absolute atomic E-state index is 0.875. The maximum atomic E-state index is 2.21. The molecule has 1 aliphatic rings. The van der Waals surface area contributed by atoms with E-state index in [0.717, 1.165) is 5.25 Å². The molecule has 1 unspecified atom stereocenters. The van der Waals surface area contributed by atoms with Crippen LogP contribution in [-0.2, 0) is 0 Å². The molecule has 1 saturated heterocycles. The SMILES string of the molecule is CC1[CH]S1. The summed E-state index contributed by atoms with van der Waals surface area (Å²) < 4.78 is 0. The Bertz CT molecular complexity index is 22.5. The highest BCUT2D eigenvalue weighted by Gasteiger charge is 2.14. The number of hydrogen-bond donors (Lipinski definition) is 0. The minimum Gasteiger partial charge on any atom is -0.152 e. The zero-order valence-electron chi connectivity index (χ0n) is 2.56. The van der Waals surface area contributed by atoms with Crippen molar-refractivity contribution in [3.8, 4) is 0 Å². The van der Waals surface area contributed by atoms with E-state index >= 15 is 0 Å². The lowest BCUT2D eigenvalue weighted by molar-refractivity contribution is 1.32. The van der Waals surface area contributed by atoms with Crippen LogP contribution in [0, 0.1) is 5.75 Å². The van der Waals surface area contributed by atoms with Crippen LogP contribution in [0.2, 0.25) is 0 Å². The predicted molar refractivity (Wildman–Crippen MR) is 21.4 cm³/mol. The van der Waals surface area contributed by atoms with E-state index in [0.29, 0.717) is 0 Å².